The topological polar surface area (TPSA) is 18.5 Å². The van der Waals surface area contributed by atoms with E-state index in [2.05, 4.69) is 31.9 Å². The van der Waals surface area contributed by atoms with Crippen LogP contribution >= 0.6 is 31.9 Å². The lowest BCUT2D eigenvalue weighted by atomic mass is 10.1. The molecule has 0 saturated carbocycles. The van der Waals surface area contributed by atoms with Gasteiger partial charge in [0.1, 0.15) is 0 Å². The van der Waals surface area contributed by atoms with Crippen LogP contribution in [0.3, 0.4) is 0 Å². The van der Waals surface area contributed by atoms with Crippen molar-refractivity contribution in [2.75, 3.05) is 6.79 Å². The Morgan fingerprint density at radius 3 is 1.85 bits per heavy atom. The van der Waals surface area contributed by atoms with Crippen molar-refractivity contribution in [3.8, 4) is 11.5 Å². The highest BCUT2D eigenvalue weighted by molar-refractivity contribution is 9.09. The molecule has 0 spiro atoms. The summed E-state index contributed by atoms with van der Waals surface area (Å²) in [5.41, 5.74) is 2.47. The van der Waals surface area contributed by atoms with Gasteiger partial charge < -0.3 is 9.47 Å². The molecule has 0 aromatic heterocycles. The molecule has 1 aromatic rings. The Morgan fingerprint density at radius 2 is 1.46 bits per heavy atom. The van der Waals surface area contributed by atoms with E-state index in [1.54, 1.807) is 0 Å². The summed E-state index contributed by atoms with van der Waals surface area (Å²) in [7, 11) is 0. The highest BCUT2D eigenvalue weighted by atomic mass is 79.9. The van der Waals surface area contributed by atoms with E-state index < -0.39 is 0 Å². The second-order valence-corrected chi connectivity index (χ2v) is 3.86. The fourth-order valence-electron chi connectivity index (χ4n) is 1.27. The minimum atomic E-state index is 0.336. The van der Waals surface area contributed by atoms with Gasteiger partial charge in [0.2, 0.25) is 6.79 Å². The van der Waals surface area contributed by atoms with Gasteiger partial charge in [0.25, 0.3) is 0 Å². The summed E-state index contributed by atoms with van der Waals surface area (Å²) in [5, 5.41) is 1.68. The molecule has 13 heavy (non-hydrogen) atoms. The van der Waals surface area contributed by atoms with Crippen LogP contribution in [0.1, 0.15) is 11.1 Å². The second kappa shape index (κ2) is 3.88. The Kier molecular flexibility index (Phi) is 2.79. The lowest BCUT2D eigenvalue weighted by Gasteiger charge is -2.05. The standard InChI is InChI=1S/C9H8Br2O2/c10-3-6-1-8-9(13-5-12-8)2-7(6)4-11/h1-2H,3-5H2. The predicted octanol–water partition coefficient (Wildman–Crippen LogP) is 3.21. The van der Waals surface area contributed by atoms with Crippen molar-refractivity contribution < 1.29 is 9.47 Å². The number of ether oxygens (including phenoxy) is 2. The fourth-order valence-corrected chi connectivity index (χ4v) is 2.32. The SMILES string of the molecule is BrCc1cc2c(cc1CBr)OCO2. The van der Waals surface area contributed by atoms with Gasteiger partial charge in [0.05, 0.1) is 0 Å². The van der Waals surface area contributed by atoms with Gasteiger partial charge >= 0.3 is 0 Å². The summed E-state index contributed by atoms with van der Waals surface area (Å²) in [6, 6.07) is 4.04. The molecular formula is C9H8Br2O2. The summed E-state index contributed by atoms with van der Waals surface area (Å²) < 4.78 is 10.6. The molecule has 1 aliphatic heterocycles. The first-order valence-electron chi connectivity index (χ1n) is 3.88. The van der Waals surface area contributed by atoms with Crippen LogP contribution in [0.15, 0.2) is 12.1 Å². The molecule has 2 nitrogen and oxygen atoms in total. The number of hydrogen-bond acceptors (Lipinski definition) is 2. The lowest BCUT2D eigenvalue weighted by Crippen LogP contribution is -1.92. The van der Waals surface area contributed by atoms with Crippen molar-refractivity contribution in [2.45, 2.75) is 10.7 Å². The van der Waals surface area contributed by atoms with Crippen LogP contribution in [0.5, 0.6) is 11.5 Å². The van der Waals surface area contributed by atoms with Crippen molar-refractivity contribution in [1.82, 2.24) is 0 Å². The van der Waals surface area contributed by atoms with Crippen molar-refractivity contribution in [3.63, 3.8) is 0 Å². The molecule has 1 heterocycles. The number of benzene rings is 1. The van der Waals surface area contributed by atoms with Crippen LogP contribution in [-0.2, 0) is 10.7 Å². The molecule has 0 unspecified atom stereocenters. The third-order valence-electron chi connectivity index (χ3n) is 1.98. The monoisotopic (exact) mass is 306 g/mol. The van der Waals surface area contributed by atoms with Gasteiger partial charge in [-0.05, 0) is 23.3 Å². The average molecular weight is 308 g/mol. The van der Waals surface area contributed by atoms with E-state index in [1.165, 1.54) is 11.1 Å². The number of fused-ring (bicyclic) bond motifs is 1. The Morgan fingerprint density at radius 1 is 1.00 bits per heavy atom. The third kappa shape index (κ3) is 1.70. The van der Waals surface area contributed by atoms with E-state index in [0.717, 1.165) is 22.2 Å². The zero-order valence-corrected chi connectivity index (χ0v) is 10.0. The van der Waals surface area contributed by atoms with Crippen molar-refractivity contribution in [2.24, 2.45) is 0 Å². The Balaban J connectivity index is 2.47. The molecule has 1 aliphatic rings. The number of halogens is 2. The van der Waals surface area contributed by atoms with Crippen LogP contribution in [-0.4, -0.2) is 6.79 Å². The van der Waals surface area contributed by atoms with Crippen LogP contribution in [0.25, 0.3) is 0 Å². The molecule has 0 fully saturated rings. The first-order valence-corrected chi connectivity index (χ1v) is 6.12. The quantitative estimate of drug-likeness (QED) is 0.781. The van der Waals surface area contributed by atoms with E-state index in [9.17, 15) is 0 Å². The molecule has 1 aromatic carbocycles. The average Bonchev–Trinajstić information content (AvgIpc) is 2.62. The molecule has 2 rings (SSSR count). The lowest BCUT2D eigenvalue weighted by molar-refractivity contribution is 0.174. The minimum absolute atomic E-state index is 0.336. The van der Waals surface area contributed by atoms with E-state index in [-0.39, 0.29) is 0 Å². The van der Waals surface area contributed by atoms with Gasteiger partial charge in [-0.25, -0.2) is 0 Å². The van der Waals surface area contributed by atoms with Crippen LogP contribution in [0.2, 0.25) is 0 Å². The van der Waals surface area contributed by atoms with Crippen LogP contribution in [0, 0.1) is 0 Å². The highest BCUT2D eigenvalue weighted by Crippen LogP contribution is 2.36. The van der Waals surface area contributed by atoms with Gasteiger partial charge in [0, 0.05) is 10.7 Å². The Bertz CT molecular complexity index is 295. The van der Waals surface area contributed by atoms with Crippen molar-refractivity contribution >= 4 is 31.9 Å². The molecule has 0 aliphatic carbocycles. The maximum atomic E-state index is 5.28. The maximum Gasteiger partial charge on any atom is 0.231 e. The number of rotatable bonds is 2. The smallest absolute Gasteiger partial charge is 0.231 e. The highest BCUT2D eigenvalue weighted by Gasteiger charge is 2.15. The predicted molar refractivity (Wildman–Crippen MR) is 57.8 cm³/mol. The molecule has 0 atom stereocenters. The summed E-state index contributed by atoms with van der Waals surface area (Å²) in [6.45, 7) is 0.336. The van der Waals surface area contributed by atoms with Gasteiger partial charge in [-0.1, -0.05) is 31.9 Å². The largest absolute Gasteiger partial charge is 0.454 e. The summed E-state index contributed by atoms with van der Waals surface area (Å²) in [5.74, 6) is 1.69. The molecular weight excluding hydrogens is 300 g/mol. The second-order valence-electron chi connectivity index (χ2n) is 2.74. The first kappa shape index (κ1) is 9.34. The van der Waals surface area contributed by atoms with Crippen molar-refractivity contribution in [3.05, 3.63) is 23.3 Å². The zero-order valence-electron chi connectivity index (χ0n) is 6.85. The maximum absolute atomic E-state index is 5.28. The first-order chi connectivity index (χ1) is 6.35. The van der Waals surface area contributed by atoms with Crippen LogP contribution < -0.4 is 9.47 Å². The van der Waals surface area contributed by atoms with Gasteiger partial charge in [-0.2, -0.15) is 0 Å². The molecule has 0 saturated heterocycles. The number of hydrogen-bond donors (Lipinski definition) is 0. The normalized spacial score (nSPS) is 13.4. The fraction of sp³-hybridized carbons (Fsp3) is 0.333. The van der Waals surface area contributed by atoms with Crippen LogP contribution in [0.4, 0.5) is 0 Å². The number of alkyl halides is 2. The van der Waals surface area contributed by atoms with Gasteiger partial charge in [-0.15, -0.1) is 0 Å². The van der Waals surface area contributed by atoms with E-state index in [0.29, 0.717) is 6.79 Å². The van der Waals surface area contributed by atoms with E-state index in [1.807, 2.05) is 12.1 Å². The minimum Gasteiger partial charge on any atom is -0.454 e. The van der Waals surface area contributed by atoms with Gasteiger partial charge in [0.15, 0.2) is 11.5 Å². The molecule has 70 valence electrons. The van der Waals surface area contributed by atoms with Crippen molar-refractivity contribution in [1.29, 1.82) is 0 Å². The Hall–Kier alpha value is -0.220. The molecule has 0 bridgehead atoms. The molecule has 0 radical (unpaired) electrons. The van der Waals surface area contributed by atoms with E-state index in [4.69, 9.17) is 9.47 Å². The molecule has 4 heteroatoms. The zero-order chi connectivity index (χ0) is 9.26. The summed E-state index contributed by atoms with van der Waals surface area (Å²) >= 11 is 6.88. The van der Waals surface area contributed by atoms with Gasteiger partial charge in [-0.3, -0.25) is 0 Å². The molecule has 0 N–H and O–H groups in total. The summed E-state index contributed by atoms with van der Waals surface area (Å²) in [6.07, 6.45) is 0. The summed E-state index contributed by atoms with van der Waals surface area (Å²) in [4.78, 5) is 0. The van der Waals surface area contributed by atoms with E-state index >= 15 is 0 Å². The Labute approximate surface area is 93.5 Å². The molecule has 0 amide bonds. The third-order valence-corrected chi connectivity index (χ3v) is 3.19.